The predicted molar refractivity (Wildman–Crippen MR) is 81.3 cm³/mol. The fraction of sp³-hybridized carbons (Fsp3) is 0.647. The first-order valence-corrected chi connectivity index (χ1v) is 7.18. The van der Waals surface area contributed by atoms with E-state index in [1.165, 1.54) is 29.5 Å². The van der Waals surface area contributed by atoms with Crippen LogP contribution in [-0.4, -0.2) is 12.6 Å². The Hall–Kier alpha value is -0.820. The molecule has 0 aromatic heterocycles. The van der Waals surface area contributed by atoms with Crippen molar-refractivity contribution in [2.45, 2.75) is 65.8 Å². The molecule has 1 aromatic carbocycles. The minimum absolute atomic E-state index is 0.235. The van der Waals surface area contributed by atoms with Crippen molar-refractivity contribution >= 4 is 0 Å². The molecule has 0 bridgehead atoms. The molecular formula is C17H29N. The standard InChI is InChI=1S/C17H29N/c1-7-10-18-15(4)12-17(5,6)16-9-8-13(2)14(3)11-16/h8-9,11,15,18H,7,10,12H2,1-6H3. The maximum atomic E-state index is 3.58. The van der Waals surface area contributed by atoms with Crippen LogP contribution in [0, 0.1) is 13.8 Å². The SMILES string of the molecule is CCCNC(C)CC(C)(C)c1ccc(C)c(C)c1. The van der Waals surface area contributed by atoms with Crippen LogP contribution in [0.4, 0.5) is 0 Å². The Balaban J connectivity index is 2.75. The lowest BCUT2D eigenvalue weighted by Gasteiger charge is -2.30. The fourth-order valence-corrected chi connectivity index (χ4v) is 2.51. The van der Waals surface area contributed by atoms with E-state index in [1.54, 1.807) is 0 Å². The van der Waals surface area contributed by atoms with Crippen molar-refractivity contribution in [3.8, 4) is 0 Å². The second-order valence-corrected chi connectivity index (χ2v) is 6.24. The van der Waals surface area contributed by atoms with Crippen molar-refractivity contribution in [2.75, 3.05) is 6.54 Å². The summed E-state index contributed by atoms with van der Waals surface area (Å²) in [7, 11) is 0. The van der Waals surface area contributed by atoms with Gasteiger partial charge in [0.2, 0.25) is 0 Å². The minimum Gasteiger partial charge on any atom is -0.314 e. The smallest absolute Gasteiger partial charge is 0.00470 e. The normalized spacial score (nSPS) is 13.7. The molecule has 1 heteroatoms. The highest BCUT2D eigenvalue weighted by Crippen LogP contribution is 2.29. The summed E-state index contributed by atoms with van der Waals surface area (Å²) in [6.07, 6.45) is 2.38. The van der Waals surface area contributed by atoms with Crippen LogP contribution >= 0.6 is 0 Å². The van der Waals surface area contributed by atoms with E-state index < -0.39 is 0 Å². The molecule has 102 valence electrons. The Morgan fingerprint density at radius 2 is 1.83 bits per heavy atom. The minimum atomic E-state index is 0.235. The zero-order chi connectivity index (χ0) is 13.8. The van der Waals surface area contributed by atoms with Gasteiger partial charge in [-0.05, 0) is 62.3 Å². The summed E-state index contributed by atoms with van der Waals surface area (Å²) in [5, 5.41) is 3.58. The van der Waals surface area contributed by atoms with Gasteiger partial charge in [-0.15, -0.1) is 0 Å². The van der Waals surface area contributed by atoms with E-state index in [2.05, 4.69) is 65.1 Å². The topological polar surface area (TPSA) is 12.0 Å². The molecule has 0 fully saturated rings. The summed E-state index contributed by atoms with van der Waals surface area (Å²) in [6.45, 7) is 14.7. The number of hydrogen-bond acceptors (Lipinski definition) is 1. The Kier molecular flexibility index (Phi) is 5.40. The average Bonchev–Trinajstić information content (AvgIpc) is 2.29. The maximum absolute atomic E-state index is 3.58. The van der Waals surface area contributed by atoms with Gasteiger partial charge in [0.15, 0.2) is 0 Å². The number of benzene rings is 1. The van der Waals surface area contributed by atoms with E-state index in [-0.39, 0.29) is 5.41 Å². The van der Waals surface area contributed by atoms with Crippen molar-refractivity contribution in [3.63, 3.8) is 0 Å². The van der Waals surface area contributed by atoms with Gasteiger partial charge in [-0.1, -0.05) is 39.0 Å². The Morgan fingerprint density at radius 1 is 1.17 bits per heavy atom. The van der Waals surface area contributed by atoms with Gasteiger partial charge in [-0.3, -0.25) is 0 Å². The van der Waals surface area contributed by atoms with Crippen molar-refractivity contribution in [2.24, 2.45) is 0 Å². The monoisotopic (exact) mass is 247 g/mol. The third kappa shape index (κ3) is 4.13. The van der Waals surface area contributed by atoms with E-state index in [4.69, 9.17) is 0 Å². The molecule has 0 aliphatic rings. The zero-order valence-electron chi connectivity index (χ0n) is 12.9. The molecule has 1 nitrogen and oxygen atoms in total. The van der Waals surface area contributed by atoms with Gasteiger partial charge >= 0.3 is 0 Å². The van der Waals surface area contributed by atoms with Crippen LogP contribution in [0.3, 0.4) is 0 Å². The molecule has 0 amide bonds. The van der Waals surface area contributed by atoms with E-state index in [1.807, 2.05) is 0 Å². The van der Waals surface area contributed by atoms with Gasteiger partial charge in [0.1, 0.15) is 0 Å². The van der Waals surface area contributed by atoms with Crippen molar-refractivity contribution < 1.29 is 0 Å². The molecule has 0 aliphatic heterocycles. The third-order valence-electron chi connectivity index (χ3n) is 3.85. The molecule has 1 aromatic rings. The molecule has 1 unspecified atom stereocenters. The fourth-order valence-electron chi connectivity index (χ4n) is 2.51. The van der Waals surface area contributed by atoms with Crippen LogP contribution in [0.25, 0.3) is 0 Å². The largest absolute Gasteiger partial charge is 0.314 e. The molecule has 1 rings (SSSR count). The molecular weight excluding hydrogens is 218 g/mol. The average molecular weight is 247 g/mol. The van der Waals surface area contributed by atoms with Gasteiger partial charge < -0.3 is 5.32 Å². The third-order valence-corrected chi connectivity index (χ3v) is 3.85. The molecule has 1 atom stereocenters. The van der Waals surface area contributed by atoms with Gasteiger partial charge in [0, 0.05) is 6.04 Å². The van der Waals surface area contributed by atoms with Crippen molar-refractivity contribution in [1.82, 2.24) is 5.32 Å². The van der Waals surface area contributed by atoms with Gasteiger partial charge in [0.05, 0.1) is 0 Å². The van der Waals surface area contributed by atoms with Gasteiger partial charge in [-0.25, -0.2) is 0 Å². The summed E-state index contributed by atoms with van der Waals surface area (Å²) >= 11 is 0. The molecule has 0 radical (unpaired) electrons. The second-order valence-electron chi connectivity index (χ2n) is 6.24. The molecule has 0 spiro atoms. The first-order chi connectivity index (χ1) is 8.36. The molecule has 18 heavy (non-hydrogen) atoms. The number of hydrogen-bond donors (Lipinski definition) is 1. The van der Waals surface area contributed by atoms with E-state index >= 15 is 0 Å². The van der Waals surface area contributed by atoms with Crippen LogP contribution in [0.15, 0.2) is 18.2 Å². The summed E-state index contributed by atoms with van der Waals surface area (Å²) in [6, 6.07) is 7.45. The summed E-state index contributed by atoms with van der Waals surface area (Å²) in [5.74, 6) is 0. The highest BCUT2D eigenvalue weighted by molar-refractivity contribution is 5.34. The second kappa shape index (κ2) is 6.38. The van der Waals surface area contributed by atoms with Crippen LogP contribution in [0.5, 0.6) is 0 Å². The van der Waals surface area contributed by atoms with Crippen molar-refractivity contribution in [1.29, 1.82) is 0 Å². The zero-order valence-corrected chi connectivity index (χ0v) is 12.9. The number of nitrogens with one attached hydrogen (secondary N) is 1. The quantitative estimate of drug-likeness (QED) is 0.787. The maximum Gasteiger partial charge on any atom is 0.00470 e. The number of rotatable bonds is 6. The highest BCUT2D eigenvalue weighted by Gasteiger charge is 2.23. The first kappa shape index (κ1) is 15.2. The molecule has 0 saturated carbocycles. The lowest BCUT2D eigenvalue weighted by Crippen LogP contribution is -2.33. The summed E-state index contributed by atoms with van der Waals surface area (Å²) < 4.78 is 0. The lowest BCUT2D eigenvalue weighted by atomic mass is 9.78. The van der Waals surface area contributed by atoms with Crippen LogP contribution < -0.4 is 5.32 Å². The Bertz CT molecular complexity index is 379. The first-order valence-electron chi connectivity index (χ1n) is 7.18. The van der Waals surface area contributed by atoms with E-state index in [0.29, 0.717) is 6.04 Å². The Labute approximate surface area is 113 Å². The molecule has 0 aliphatic carbocycles. The van der Waals surface area contributed by atoms with Crippen LogP contribution in [-0.2, 0) is 5.41 Å². The molecule has 0 saturated heterocycles. The van der Waals surface area contributed by atoms with Crippen molar-refractivity contribution in [3.05, 3.63) is 34.9 Å². The Morgan fingerprint density at radius 3 is 2.39 bits per heavy atom. The van der Waals surface area contributed by atoms with Gasteiger partial charge in [0.25, 0.3) is 0 Å². The summed E-state index contributed by atoms with van der Waals surface area (Å²) in [4.78, 5) is 0. The molecule has 1 N–H and O–H groups in total. The number of aryl methyl sites for hydroxylation is 2. The van der Waals surface area contributed by atoms with Crippen LogP contribution in [0.1, 0.15) is 57.2 Å². The summed E-state index contributed by atoms with van der Waals surface area (Å²) in [5.41, 5.74) is 4.47. The molecule has 0 heterocycles. The van der Waals surface area contributed by atoms with E-state index in [0.717, 1.165) is 6.54 Å². The predicted octanol–water partition coefficient (Wildman–Crippen LogP) is 4.36. The van der Waals surface area contributed by atoms with Crippen LogP contribution in [0.2, 0.25) is 0 Å². The van der Waals surface area contributed by atoms with E-state index in [9.17, 15) is 0 Å². The van der Waals surface area contributed by atoms with Gasteiger partial charge in [-0.2, -0.15) is 0 Å². The highest BCUT2D eigenvalue weighted by atomic mass is 14.9. The lowest BCUT2D eigenvalue weighted by molar-refractivity contribution is 0.389.